The predicted molar refractivity (Wildman–Crippen MR) is 64.6 cm³/mol. The number of nitrogens with one attached hydrogen (secondary N) is 1. The van der Waals surface area contributed by atoms with Crippen molar-refractivity contribution >= 4 is 11.3 Å². The van der Waals surface area contributed by atoms with Crippen LogP contribution in [0, 0.1) is 0 Å². The van der Waals surface area contributed by atoms with Crippen LogP contribution in [-0.2, 0) is 10.2 Å². The van der Waals surface area contributed by atoms with E-state index < -0.39 is 0 Å². The van der Waals surface area contributed by atoms with E-state index >= 15 is 0 Å². The molecule has 2 nitrogen and oxygen atoms in total. The first-order valence-electron chi connectivity index (χ1n) is 5.70. The van der Waals surface area contributed by atoms with Gasteiger partial charge in [-0.15, -0.1) is 11.3 Å². The fourth-order valence-electron chi connectivity index (χ4n) is 2.22. The van der Waals surface area contributed by atoms with Crippen LogP contribution in [0.1, 0.15) is 24.6 Å². The van der Waals surface area contributed by atoms with E-state index in [2.05, 4.69) is 29.8 Å². The molecule has 0 saturated carbocycles. The molecule has 0 bridgehead atoms. The van der Waals surface area contributed by atoms with E-state index in [4.69, 9.17) is 4.74 Å². The molecule has 0 aliphatic carbocycles. The third-order valence-electron chi connectivity index (χ3n) is 3.21. The lowest BCUT2D eigenvalue weighted by Crippen LogP contribution is -2.42. The maximum Gasteiger partial charge on any atom is 0.0475 e. The fraction of sp³-hybridized carbons (Fsp3) is 0.667. The zero-order valence-electron chi connectivity index (χ0n) is 9.29. The smallest absolute Gasteiger partial charge is 0.0475 e. The van der Waals surface area contributed by atoms with E-state index in [-0.39, 0.29) is 0 Å². The van der Waals surface area contributed by atoms with E-state index in [9.17, 15) is 0 Å². The topological polar surface area (TPSA) is 21.3 Å². The lowest BCUT2D eigenvalue weighted by atomic mass is 9.78. The van der Waals surface area contributed by atoms with Gasteiger partial charge < -0.3 is 10.1 Å². The molecule has 1 aliphatic rings. The Balaban J connectivity index is 2.14. The number of likely N-dealkylation sites (N-methyl/N-ethyl adjacent to an activating group) is 1. The van der Waals surface area contributed by atoms with Crippen molar-refractivity contribution in [2.45, 2.75) is 25.2 Å². The van der Waals surface area contributed by atoms with Gasteiger partial charge in [0.1, 0.15) is 0 Å². The summed E-state index contributed by atoms with van der Waals surface area (Å²) in [5, 5.41) is 5.68. The molecule has 1 N–H and O–H groups in total. The molecule has 3 heteroatoms. The number of hydrogen-bond acceptors (Lipinski definition) is 3. The second-order valence-electron chi connectivity index (χ2n) is 4.15. The molecule has 84 valence electrons. The van der Waals surface area contributed by atoms with Crippen LogP contribution in [-0.4, -0.2) is 26.3 Å². The van der Waals surface area contributed by atoms with Gasteiger partial charge in [0.2, 0.25) is 0 Å². The molecule has 0 unspecified atom stereocenters. The number of thiophene rings is 1. The largest absolute Gasteiger partial charge is 0.381 e. The lowest BCUT2D eigenvalue weighted by molar-refractivity contribution is 0.0513. The SMILES string of the molecule is CCNCC1(c2cccs2)CCOCC1. The van der Waals surface area contributed by atoms with Crippen molar-refractivity contribution in [3.8, 4) is 0 Å². The highest BCUT2D eigenvalue weighted by molar-refractivity contribution is 7.10. The molecule has 2 heterocycles. The van der Waals surface area contributed by atoms with Crippen LogP contribution in [0.5, 0.6) is 0 Å². The molecule has 0 radical (unpaired) electrons. The zero-order valence-corrected chi connectivity index (χ0v) is 10.1. The molecule has 2 rings (SSSR count). The summed E-state index contributed by atoms with van der Waals surface area (Å²) in [4.78, 5) is 1.52. The van der Waals surface area contributed by atoms with Crippen LogP contribution in [0.25, 0.3) is 0 Å². The minimum atomic E-state index is 0.336. The third-order valence-corrected chi connectivity index (χ3v) is 4.32. The molecular weight excluding hydrogens is 206 g/mol. The Morgan fingerprint density at radius 3 is 2.87 bits per heavy atom. The normalized spacial score (nSPS) is 20.3. The Hall–Kier alpha value is -0.380. The van der Waals surface area contributed by atoms with E-state index in [0.29, 0.717) is 5.41 Å². The Morgan fingerprint density at radius 2 is 2.27 bits per heavy atom. The van der Waals surface area contributed by atoms with E-state index in [0.717, 1.165) is 39.1 Å². The second-order valence-corrected chi connectivity index (χ2v) is 5.10. The highest BCUT2D eigenvalue weighted by atomic mass is 32.1. The molecule has 1 aliphatic heterocycles. The van der Waals surface area contributed by atoms with E-state index in [1.165, 1.54) is 4.88 Å². The number of rotatable bonds is 4. The van der Waals surface area contributed by atoms with Gasteiger partial charge in [-0.3, -0.25) is 0 Å². The lowest BCUT2D eigenvalue weighted by Gasteiger charge is -2.36. The van der Waals surface area contributed by atoms with Crippen molar-refractivity contribution < 1.29 is 4.74 Å². The van der Waals surface area contributed by atoms with Gasteiger partial charge in [-0.1, -0.05) is 13.0 Å². The fourth-order valence-corrected chi connectivity index (χ4v) is 3.20. The van der Waals surface area contributed by atoms with E-state index in [1.54, 1.807) is 0 Å². The van der Waals surface area contributed by atoms with Gasteiger partial charge in [0.05, 0.1) is 0 Å². The summed E-state index contributed by atoms with van der Waals surface area (Å²) in [5.74, 6) is 0. The summed E-state index contributed by atoms with van der Waals surface area (Å²) in [6.07, 6.45) is 2.31. The predicted octanol–water partition coefficient (Wildman–Crippen LogP) is 2.41. The van der Waals surface area contributed by atoms with Gasteiger partial charge in [-0.2, -0.15) is 0 Å². The summed E-state index contributed by atoms with van der Waals surface area (Å²) < 4.78 is 5.48. The van der Waals surface area contributed by atoms with Gasteiger partial charge in [-0.25, -0.2) is 0 Å². The minimum absolute atomic E-state index is 0.336. The second kappa shape index (κ2) is 5.10. The first-order valence-corrected chi connectivity index (χ1v) is 6.58. The van der Waals surface area contributed by atoms with E-state index in [1.807, 2.05) is 11.3 Å². The van der Waals surface area contributed by atoms with Gasteiger partial charge in [0.25, 0.3) is 0 Å². The Morgan fingerprint density at radius 1 is 1.47 bits per heavy atom. The average molecular weight is 225 g/mol. The van der Waals surface area contributed by atoms with Crippen LogP contribution >= 0.6 is 11.3 Å². The van der Waals surface area contributed by atoms with Gasteiger partial charge in [0.15, 0.2) is 0 Å². The molecular formula is C12H19NOS. The van der Waals surface area contributed by atoms with Gasteiger partial charge in [0, 0.05) is 30.1 Å². The summed E-state index contributed by atoms with van der Waals surface area (Å²) in [6.45, 7) is 6.12. The minimum Gasteiger partial charge on any atom is -0.381 e. The molecule has 0 amide bonds. The monoisotopic (exact) mass is 225 g/mol. The standard InChI is InChI=1S/C12H19NOS/c1-2-13-10-12(5-7-14-8-6-12)11-4-3-9-15-11/h3-4,9,13H,2,5-8,10H2,1H3. The van der Waals surface area contributed by atoms with Crippen molar-refractivity contribution in [1.82, 2.24) is 5.32 Å². The molecule has 0 spiro atoms. The van der Waals surface area contributed by atoms with Crippen LogP contribution in [0.3, 0.4) is 0 Å². The van der Waals surface area contributed by atoms with Crippen LogP contribution < -0.4 is 5.32 Å². The Kier molecular flexibility index (Phi) is 3.78. The van der Waals surface area contributed by atoms with Crippen LogP contribution in [0.15, 0.2) is 17.5 Å². The zero-order chi connectivity index (χ0) is 10.6. The van der Waals surface area contributed by atoms with Crippen molar-refractivity contribution in [1.29, 1.82) is 0 Å². The quantitative estimate of drug-likeness (QED) is 0.849. The molecule has 1 saturated heterocycles. The maximum absolute atomic E-state index is 5.48. The third kappa shape index (κ3) is 2.41. The number of hydrogen-bond donors (Lipinski definition) is 1. The van der Waals surface area contributed by atoms with Crippen molar-refractivity contribution in [2.75, 3.05) is 26.3 Å². The Labute approximate surface area is 95.6 Å². The Bertz CT molecular complexity index is 278. The van der Waals surface area contributed by atoms with Crippen LogP contribution in [0.2, 0.25) is 0 Å². The van der Waals surface area contributed by atoms with Crippen molar-refractivity contribution in [3.05, 3.63) is 22.4 Å². The van der Waals surface area contributed by atoms with Gasteiger partial charge >= 0.3 is 0 Å². The first kappa shape index (κ1) is 11.1. The molecule has 0 aromatic carbocycles. The van der Waals surface area contributed by atoms with Crippen molar-refractivity contribution in [3.63, 3.8) is 0 Å². The van der Waals surface area contributed by atoms with Gasteiger partial charge in [-0.05, 0) is 30.8 Å². The maximum atomic E-state index is 5.48. The average Bonchev–Trinajstić information content (AvgIpc) is 2.82. The molecule has 1 fully saturated rings. The summed E-state index contributed by atoms with van der Waals surface area (Å²) in [6, 6.07) is 4.43. The molecule has 1 aromatic heterocycles. The summed E-state index contributed by atoms with van der Waals surface area (Å²) in [7, 11) is 0. The highest BCUT2D eigenvalue weighted by Gasteiger charge is 2.34. The summed E-state index contributed by atoms with van der Waals surface area (Å²) >= 11 is 1.88. The van der Waals surface area contributed by atoms with Crippen LogP contribution in [0.4, 0.5) is 0 Å². The molecule has 1 aromatic rings. The first-order chi connectivity index (χ1) is 7.37. The molecule has 0 atom stereocenters. The highest BCUT2D eigenvalue weighted by Crippen LogP contribution is 2.36. The van der Waals surface area contributed by atoms with Crippen molar-refractivity contribution in [2.24, 2.45) is 0 Å². The number of ether oxygens (including phenoxy) is 1. The summed E-state index contributed by atoms with van der Waals surface area (Å²) in [5.41, 5.74) is 0.336. The molecule has 15 heavy (non-hydrogen) atoms.